The first-order chi connectivity index (χ1) is 8.97. The standard InChI is InChI=1S/C13H20FN3O2/c1-9(13(18)16-15)7-17(2)8-10-4-5-12(19-3)11(14)6-10/h4-6,9H,7-8,15H2,1-3H3,(H,16,18). The number of hydrogen-bond donors (Lipinski definition) is 2. The van der Waals surface area contributed by atoms with E-state index in [1.54, 1.807) is 19.1 Å². The first kappa shape index (κ1) is 15.4. The molecular formula is C13H20FN3O2. The van der Waals surface area contributed by atoms with E-state index in [1.807, 2.05) is 11.9 Å². The van der Waals surface area contributed by atoms with Crippen molar-refractivity contribution in [1.82, 2.24) is 10.3 Å². The van der Waals surface area contributed by atoms with Gasteiger partial charge in [0.25, 0.3) is 0 Å². The zero-order valence-corrected chi connectivity index (χ0v) is 11.4. The monoisotopic (exact) mass is 269 g/mol. The zero-order valence-electron chi connectivity index (χ0n) is 11.4. The molecule has 1 atom stereocenters. The summed E-state index contributed by atoms with van der Waals surface area (Å²) in [5.74, 6) is 4.47. The van der Waals surface area contributed by atoms with Crippen LogP contribution in [-0.4, -0.2) is 31.5 Å². The highest BCUT2D eigenvalue weighted by Crippen LogP contribution is 2.18. The lowest BCUT2D eigenvalue weighted by molar-refractivity contribution is -0.125. The quantitative estimate of drug-likeness (QED) is 0.457. The SMILES string of the molecule is COc1ccc(CN(C)CC(C)C(=O)NN)cc1F. The van der Waals surface area contributed by atoms with E-state index >= 15 is 0 Å². The number of nitrogens with two attached hydrogens (primary N) is 1. The molecule has 3 N–H and O–H groups in total. The molecule has 0 radical (unpaired) electrons. The molecule has 0 aromatic heterocycles. The molecule has 0 saturated heterocycles. The van der Waals surface area contributed by atoms with Crippen LogP contribution >= 0.6 is 0 Å². The van der Waals surface area contributed by atoms with Crippen LogP contribution in [0.5, 0.6) is 5.75 Å². The fourth-order valence-corrected chi connectivity index (χ4v) is 1.88. The fraction of sp³-hybridized carbons (Fsp3) is 0.462. The number of amides is 1. The van der Waals surface area contributed by atoms with Gasteiger partial charge in [-0.2, -0.15) is 0 Å². The number of nitrogens with zero attached hydrogens (tertiary/aromatic N) is 1. The molecule has 0 aliphatic rings. The van der Waals surface area contributed by atoms with Crippen molar-refractivity contribution in [1.29, 1.82) is 0 Å². The second-order valence-electron chi connectivity index (χ2n) is 4.58. The number of halogens is 1. The topological polar surface area (TPSA) is 67.6 Å². The van der Waals surface area contributed by atoms with Gasteiger partial charge in [-0.25, -0.2) is 10.2 Å². The summed E-state index contributed by atoms with van der Waals surface area (Å²) in [6.07, 6.45) is 0. The van der Waals surface area contributed by atoms with Crippen LogP contribution in [0.3, 0.4) is 0 Å². The van der Waals surface area contributed by atoms with Crippen molar-refractivity contribution in [2.24, 2.45) is 11.8 Å². The van der Waals surface area contributed by atoms with Gasteiger partial charge in [0.05, 0.1) is 7.11 Å². The third-order valence-electron chi connectivity index (χ3n) is 2.84. The smallest absolute Gasteiger partial charge is 0.237 e. The predicted molar refractivity (Wildman–Crippen MR) is 70.8 cm³/mol. The number of methoxy groups -OCH3 is 1. The van der Waals surface area contributed by atoms with Crippen molar-refractivity contribution in [2.75, 3.05) is 20.7 Å². The van der Waals surface area contributed by atoms with Crippen LogP contribution in [0.15, 0.2) is 18.2 Å². The van der Waals surface area contributed by atoms with Gasteiger partial charge in [0.15, 0.2) is 11.6 Å². The fourth-order valence-electron chi connectivity index (χ4n) is 1.88. The number of hydrogen-bond acceptors (Lipinski definition) is 4. The van der Waals surface area contributed by atoms with Gasteiger partial charge >= 0.3 is 0 Å². The Balaban J connectivity index is 2.59. The Kier molecular flexibility index (Phi) is 5.72. The maximum absolute atomic E-state index is 13.5. The van der Waals surface area contributed by atoms with E-state index < -0.39 is 0 Å². The lowest BCUT2D eigenvalue weighted by atomic mass is 10.1. The van der Waals surface area contributed by atoms with Crippen LogP contribution < -0.4 is 16.0 Å². The van der Waals surface area contributed by atoms with Crippen LogP contribution in [-0.2, 0) is 11.3 Å². The Labute approximate surface area is 112 Å². The van der Waals surface area contributed by atoms with E-state index in [2.05, 4.69) is 5.43 Å². The van der Waals surface area contributed by atoms with Crippen molar-refractivity contribution in [3.63, 3.8) is 0 Å². The first-order valence-electron chi connectivity index (χ1n) is 5.99. The highest BCUT2D eigenvalue weighted by Gasteiger charge is 2.14. The average molecular weight is 269 g/mol. The number of benzene rings is 1. The Hall–Kier alpha value is -1.66. The van der Waals surface area contributed by atoms with Crippen LogP contribution in [0.4, 0.5) is 4.39 Å². The minimum Gasteiger partial charge on any atom is -0.494 e. The summed E-state index contributed by atoms with van der Waals surface area (Å²) in [6, 6.07) is 4.82. The molecule has 0 aliphatic heterocycles. The van der Waals surface area contributed by atoms with E-state index in [-0.39, 0.29) is 23.4 Å². The van der Waals surface area contributed by atoms with Crippen molar-refractivity contribution in [3.8, 4) is 5.75 Å². The van der Waals surface area contributed by atoms with Crippen LogP contribution in [0, 0.1) is 11.7 Å². The lowest BCUT2D eigenvalue weighted by Crippen LogP contribution is -2.39. The van der Waals surface area contributed by atoms with Gasteiger partial charge in [-0.05, 0) is 24.7 Å². The average Bonchev–Trinajstić information content (AvgIpc) is 2.37. The maximum Gasteiger partial charge on any atom is 0.237 e. The predicted octanol–water partition coefficient (Wildman–Crippen LogP) is 0.892. The number of rotatable bonds is 6. The molecule has 1 amide bonds. The van der Waals surface area contributed by atoms with Gasteiger partial charge < -0.3 is 9.64 Å². The van der Waals surface area contributed by atoms with E-state index in [9.17, 15) is 9.18 Å². The number of nitrogens with one attached hydrogen (secondary N) is 1. The second kappa shape index (κ2) is 7.06. The molecule has 6 heteroatoms. The van der Waals surface area contributed by atoms with E-state index in [0.717, 1.165) is 5.56 Å². The third-order valence-corrected chi connectivity index (χ3v) is 2.84. The molecule has 1 rings (SSSR count). The van der Waals surface area contributed by atoms with Crippen LogP contribution in [0.2, 0.25) is 0 Å². The van der Waals surface area contributed by atoms with E-state index in [4.69, 9.17) is 10.6 Å². The molecule has 5 nitrogen and oxygen atoms in total. The van der Waals surface area contributed by atoms with E-state index in [0.29, 0.717) is 13.1 Å². The molecule has 1 unspecified atom stereocenters. The summed E-state index contributed by atoms with van der Waals surface area (Å²) in [5.41, 5.74) is 2.94. The number of hydrazine groups is 1. The third kappa shape index (κ3) is 4.50. The zero-order chi connectivity index (χ0) is 14.4. The van der Waals surface area contributed by atoms with Gasteiger partial charge in [0.2, 0.25) is 5.91 Å². The van der Waals surface area contributed by atoms with E-state index in [1.165, 1.54) is 13.2 Å². The van der Waals surface area contributed by atoms with Crippen LogP contribution in [0.25, 0.3) is 0 Å². The summed E-state index contributed by atoms with van der Waals surface area (Å²) in [7, 11) is 3.29. The van der Waals surface area contributed by atoms with Crippen molar-refractivity contribution >= 4 is 5.91 Å². The molecule has 0 aliphatic carbocycles. The summed E-state index contributed by atoms with van der Waals surface area (Å²) < 4.78 is 18.4. The molecule has 0 bridgehead atoms. The van der Waals surface area contributed by atoms with Crippen molar-refractivity contribution in [3.05, 3.63) is 29.6 Å². The minimum atomic E-state index is -0.388. The largest absolute Gasteiger partial charge is 0.494 e. The normalized spacial score (nSPS) is 12.3. The molecule has 19 heavy (non-hydrogen) atoms. The Morgan fingerprint density at radius 1 is 1.58 bits per heavy atom. The molecule has 0 saturated carbocycles. The molecule has 1 aromatic rings. The van der Waals surface area contributed by atoms with Gasteiger partial charge in [0.1, 0.15) is 0 Å². The molecule has 0 fully saturated rings. The van der Waals surface area contributed by atoms with Crippen molar-refractivity contribution < 1.29 is 13.9 Å². The van der Waals surface area contributed by atoms with Gasteiger partial charge in [0, 0.05) is 19.0 Å². The molecular weight excluding hydrogens is 249 g/mol. The number of ether oxygens (including phenoxy) is 1. The Bertz CT molecular complexity index is 440. The number of carbonyl (C=O) groups excluding carboxylic acids is 1. The molecule has 0 spiro atoms. The summed E-state index contributed by atoms with van der Waals surface area (Å²) in [4.78, 5) is 13.2. The lowest BCUT2D eigenvalue weighted by Gasteiger charge is -2.20. The molecule has 1 aromatic carbocycles. The maximum atomic E-state index is 13.5. The van der Waals surface area contributed by atoms with Gasteiger partial charge in [-0.1, -0.05) is 13.0 Å². The minimum absolute atomic E-state index is 0.215. The van der Waals surface area contributed by atoms with Gasteiger partial charge in [-0.3, -0.25) is 10.2 Å². The first-order valence-corrected chi connectivity index (χ1v) is 5.99. The highest BCUT2D eigenvalue weighted by molar-refractivity contribution is 5.77. The van der Waals surface area contributed by atoms with Gasteiger partial charge in [-0.15, -0.1) is 0 Å². The molecule has 0 heterocycles. The summed E-state index contributed by atoms with van der Waals surface area (Å²) in [5, 5.41) is 0. The van der Waals surface area contributed by atoms with Crippen LogP contribution in [0.1, 0.15) is 12.5 Å². The Morgan fingerprint density at radius 2 is 2.26 bits per heavy atom. The van der Waals surface area contributed by atoms with Crippen molar-refractivity contribution in [2.45, 2.75) is 13.5 Å². The highest BCUT2D eigenvalue weighted by atomic mass is 19.1. The second-order valence-corrected chi connectivity index (χ2v) is 4.58. The molecule has 106 valence electrons. The summed E-state index contributed by atoms with van der Waals surface area (Å²) >= 11 is 0. The summed E-state index contributed by atoms with van der Waals surface area (Å²) in [6.45, 7) is 2.87. The Morgan fingerprint density at radius 3 is 2.79 bits per heavy atom. The number of carbonyl (C=O) groups is 1.